The van der Waals surface area contributed by atoms with E-state index in [1.54, 1.807) is 0 Å². The van der Waals surface area contributed by atoms with Crippen LogP contribution in [0.4, 0.5) is 0 Å². The number of nitrogens with zero attached hydrogens (tertiary/aromatic N) is 1. The largest absolute Gasteiger partial charge is 0.341 e. The lowest BCUT2D eigenvalue weighted by Gasteiger charge is -2.27. The molecule has 98 valence electrons. The van der Waals surface area contributed by atoms with Crippen molar-refractivity contribution < 1.29 is 4.79 Å². The van der Waals surface area contributed by atoms with E-state index < -0.39 is 6.04 Å². The van der Waals surface area contributed by atoms with Gasteiger partial charge in [0.05, 0.1) is 0 Å². The fraction of sp³-hybridized carbons (Fsp3) is 0.533. The SMILES string of the molecule is NC(C(=O)N1CCCCCCC1)c1ccccc1. The predicted molar refractivity (Wildman–Crippen MR) is 73.0 cm³/mol. The van der Waals surface area contributed by atoms with E-state index in [0.717, 1.165) is 31.5 Å². The second kappa shape index (κ2) is 6.55. The fourth-order valence-electron chi connectivity index (χ4n) is 2.47. The zero-order chi connectivity index (χ0) is 12.8. The molecule has 2 rings (SSSR count). The van der Waals surface area contributed by atoms with Crippen LogP contribution in [0.15, 0.2) is 30.3 Å². The van der Waals surface area contributed by atoms with Gasteiger partial charge in [-0.1, -0.05) is 49.6 Å². The van der Waals surface area contributed by atoms with Crippen LogP contribution in [-0.4, -0.2) is 23.9 Å². The van der Waals surface area contributed by atoms with E-state index in [-0.39, 0.29) is 5.91 Å². The quantitative estimate of drug-likeness (QED) is 0.871. The molecular weight excluding hydrogens is 224 g/mol. The molecule has 1 heterocycles. The minimum atomic E-state index is -0.509. The Morgan fingerprint density at radius 1 is 1.00 bits per heavy atom. The summed E-state index contributed by atoms with van der Waals surface area (Å²) in [7, 11) is 0. The molecule has 1 aromatic rings. The molecule has 1 saturated heterocycles. The number of amides is 1. The maximum absolute atomic E-state index is 12.4. The fourth-order valence-corrected chi connectivity index (χ4v) is 2.47. The number of nitrogens with two attached hydrogens (primary N) is 1. The number of carbonyl (C=O) groups is 1. The first-order chi connectivity index (χ1) is 8.79. The Kier molecular flexibility index (Phi) is 4.76. The second-order valence-electron chi connectivity index (χ2n) is 4.98. The molecule has 1 aliphatic heterocycles. The molecule has 0 spiro atoms. The molecular formula is C15H22N2O. The monoisotopic (exact) mass is 246 g/mol. The number of carbonyl (C=O) groups excluding carboxylic acids is 1. The zero-order valence-electron chi connectivity index (χ0n) is 10.8. The summed E-state index contributed by atoms with van der Waals surface area (Å²) < 4.78 is 0. The molecule has 0 radical (unpaired) electrons. The predicted octanol–water partition coefficient (Wildman–Crippen LogP) is 2.48. The molecule has 1 atom stereocenters. The van der Waals surface area contributed by atoms with Crippen molar-refractivity contribution in [2.45, 2.75) is 38.1 Å². The van der Waals surface area contributed by atoms with Crippen LogP contribution < -0.4 is 5.73 Å². The first-order valence-electron chi connectivity index (χ1n) is 6.88. The van der Waals surface area contributed by atoms with E-state index >= 15 is 0 Å². The van der Waals surface area contributed by atoms with Crippen LogP contribution in [0, 0.1) is 0 Å². The smallest absolute Gasteiger partial charge is 0.244 e. The van der Waals surface area contributed by atoms with E-state index in [4.69, 9.17) is 5.73 Å². The van der Waals surface area contributed by atoms with E-state index in [9.17, 15) is 4.79 Å². The molecule has 0 aliphatic carbocycles. The van der Waals surface area contributed by atoms with Crippen molar-refractivity contribution in [1.29, 1.82) is 0 Å². The lowest BCUT2D eigenvalue weighted by atomic mass is 10.0. The Morgan fingerprint density at radius 3 is 2.17 bits per heavy atom. The Labute approximate surface area is 109 Å². The molecule has 1 amide bonds. The maximum Gasteiger partial charge on any atom is 0.244 e. The van der Waals surface area contributed by atoms with Crippen LogP contribution in [0.5, 0.6) is 0 Å². The molecule has 0 bridgehead atoms. The second-order valence-corrected chi connectivity index (χ2v) is 4.98. The lowest BCUT2D eigenvalue weighted by molar-refractivity contribution is -0.133. The van der Waals surface area contributed by atoms with Crippen LogP contribution in [0.25, 0.3) is 0 Å². The van der Waals surface area contributed by atoms with Gasteiger partial charge in [-0.25, -0.2) is 0 Å². The topological polar surface area (TPSA) is 46.3 Å². The Morgan fingerprint density at radius 2 is 1.56 bits per heavy atom. The summed E-state index contributed by atoms with van der Waals surface area (Å²) in [6.45, 7) is 1.72. The van der Waals surface area contributed by atoms with Crippen molar-refractivity contribution >= 4 is 5.91 Å². The average molecular weight is 246 g/mol. The van der Waals surface area contributed by atoms with E-state index in [0.29, 0.717) is 0 Å². The third kappa shape index (κ3) is 3.33. The van der Waals surface area contributed by atoms with Crippen LogP contribution in [0.2, 0.25) is 0 Å². The van der Waals surface area contributed by atoms with Gasteiger partial charge in [-0.2, -0.15) is 0 Å². The Balaban J connectivity index is 2.00. The highest BCUT2D eigenvalue weighted by Crippen LogP contribution is 2.16. The van der Waals surface area contributed by atoms with Gasteiger partial charge in [-0.15, -0.1) is 0 Å². The third-order valence-electron chi connectivity index (χ3n) is 3.59. The van der Waals surface area contributed by atoms with Crippen molar-refractivity contribution in [3.63, 3.8) is 0 Å². The standard InChI is InChI=1S/C15H22N2O/c16-14(13-9-5-4-6-10-13)15(18)17-11-7-2-1-3-8-12-17/h4-6,9-10,14H,1-3,7-8,11-12,16H2. The minimum absolute atomic E-state index is 0.0723. The van der Waals surface area contributed by atoms with Crippen molar-refractivity contribution in [1.82, 2.24) is 4.90 Å². The number of rotatable bonds is 2. The van der Waals surface area contributed by atoms with Gasteiger partial charge < -0.3 is 10.6 Å². The number of hydrogen-bond donors (Lipinski definition) is 1. The Hall–Kier alpha value is -1.35. The lowest BCUT2D eigenvalue weighted by Crippen LogP contribution is -2.40. The van der Waals surface area contributed by atoms with Crippen molar-refractivity contribution in [2.75, 3.05) is 13.1 Å². The molecule has 3 nitrogen and oxygen atoms in total. The summed E-state index contributed by atoms with van der Waals surface area (Å²) in [6, 6.07) is 9.13. The highest BCUT2D eigenvalue weighted by atomic mass is 16.2. The molecule has 0 saturated carbocycles. The summed E-state index contributed by atoms with van der Waals surface area (Å²) in [5.41, 5.74) is 6.98. The van der Waals surface area contributed by atoms with Gasteiger partial charge in [0.1, 0.15) is 6.04 Å². The van der Waals surface area contributed by atoms with Crippen LogP contribution in [0.1, 0.15) is 43.7 Å². The van der Waals surface area contributed by atoms with E-state index in [1.165, 1.54) is 19.3 Å². The molecule has 3 heteroatoms. The molecule has 1 aliphatic rings. The highest BCUT2D eigenvalue weighted by molar-refractivity contribution is 5.83. The summed E-state index contributed by atoms with van der Waals surface area (Å²) >= 11 is 0. The third-order valence-corrected chi connectivity index (χ3v) is 3.59. The van der Waals surface area contributed by atoms with Gasteiger partial charge in [0.25, 0.3) is 0 Å². The van der Waals surface area contributed by atoms with Crippen LogP contribution >= 0.6 is 0 Å². The molecule has 18 heavy (non-hydrogen) atoms. The summed E-state index contributed by atoms with van der Waals surface area (Å²) in [5, 5.41) is 0. The summed E-state index contributed by atoms with van der Waals surface area (Å²) in [4.78, 5) is 14.3. The van der Waals surface area contributed by atoms with E-state index in [1.807, 2.05) is 35.2 Å². The number of hydrogen-bond acceptors (Lipinski definition) is 2. The van der Waals surface area contributed by atoms with Crippen molar-refractivity contribution in [3.05, 3.63) is 35.9 Å². The summed E-state index contributed by atoms with van der Waals surface area (Å²) in [6.07, 6.45) is 5.96. The molecule has 0 aromatic heterocycles. The zero-order valence-corrected chi connectivity index (χ0v) is 10.8. The van der Waals surface area contributed by atoms with Gasteiger partial charge in [0.2, 0.25) is 5.91 Å². The van der Waals surface area contributed by atoms with Gasteiger partial charge in [-0.3, -0.25) is 4.79 Å². The molecule has 2 N–H and O–H groups in total. The molecule has 1 fully saturated rings. The van der Waals surface area contributed by atoms with Crippen molar-refractivity contribution in [3.8, 4) is 0 Å². The van der Waals surface area contributed by atoms with Crippen molar-refractivity contribution in [2.24, 2.45) is 5.73 Å². The van der Waals surface area contributed by atoms with E-state index in [2.05, 4.69) is 0 Å². The molecule has 1 unspecified atom stereocenters. The van der Waals surface area contributed by atoms with Gasteiger partial charge >= 0.3 is 0 Å². The highest BCUT2D eigenvalue weighted by Gasteiger charge is 2.22. The van der Waals surface area contributed by atoms with Gasteiger partial charge in [0, 0.05) is 13.1 Å². The van der Waals surface area contributed by atoms with Gasteiger partial charge in [0.15, 0.2) is 0 Å². The minimum Gasteiger partial charge on any atom is -0.341 e. The number of likely N-dealkylation sites (tertiary alicyclic amines) is 1. The number of benzene rings is 1. The first kappa shape index (κ1) is 13.1. The average Bonchev–Trinajstić information content (AvgIpc) is 2.38. The van der Waals surface area contributed by atoms with Crippen LogP contribution in [0.3, 0.4) is 0 Å². The van der Waals surface area contributed by atoms with Gasteiger partial charge in [-0.05, 0) is 18.4 Å². The molecule has 1 aromatic carbocycles. The maximum atomic E-state index is 12.4. The Bertz CT molecular complexity index is 369. The normalized spacial score (nSPS) is 18.8. The van der Waals surface area contributed by atoms with Crippen LogP contribution in [-0.2, 0) is 4.79 Å². The first-order valence-corrected chi connectivity index (χ1v) is 6.88. The summed E-state index contributed by atoms with van der Waals surface area (Å²) in [5.74, 6) is 0.0723.